The Hall–Kier alpha value is -1.06. The number of benzene rings is 1. The molecule has 1 aliphatic rings. The summed E-state index contributed by atoms with van der Waals surface area (Å²) in [4.78, 5) is 0. The van der Waals surface area contributed by atoms with Crippen LogP contribution in [0.4, 0.5) is 5.69 Å². The van der Waals surface area contributed by atoms with Gasteiger partial charge in [0.15, 0.2) is 0 Å². The third-order valence-corrected chi connectivity index (χ3v) is 3.43. The molecule has 2 rings (SSSR count). The minimum absolute atomic E-state index is 0.101. The van der Waals surface area contributed by atoms with Crippen molar-refractivity contribution in [2.24, 2.45) is 0 Å². The molecule has 0 saturated carbocycles. The molecule has 0 fully saturated rings. The second-order valence-corrected chi connectivity index (χ2v) is 5.09. The highest BCUT2D eigenvalue weighted by molar-refractivity contribution is 5.57. The number of fused-ring (bicyclic) bond motifs is 1. The van der Waals surface area contributed by atoms with E-state index in [0.29, 0.717) is 6.54 Å². The van der Waals surface area contributed by atoms with Gasteiger partial charge in [-0.1, -0.05) is 25.1 Å². The van der Waals surface area contributed by atoms with Gasteiger partial charge in [0.05, 0.1) is 11.6 Å². The lowest BCUT2D eigenvalue weighted by atomic mass is 9.93. The Morgan fingerprint density at radius 2 is 2.24 bits per heavy atom. The van der Waals surface area contributed by atoms with Crippen molar-refractivity contribution in [3.05, 3.63) is 29.8 Å². The van der Waals surface area contributed by atoms with Crippen molar-refractivity contribution in [3.63, 3.8) is 0 Å². The highest BCUT2D eigenvalue weighted by Crippen LogP contribution is 2.30. The van der Waals surface area contributed by atoms with Gasteiger partial charge in [-0.3, -0.25) is 0 Å². The Morgan fingerprint density at radius 3 is 2.94 bits per heavy atom. The van der Waals surface area contributed by atoms with Gasteiger partial charge in [0.2, 0.25) is 0 Å². The van der Waals surface area contributed by atoms with Crippen LogP contribution in [0.25, 0.3) is 0 Å². The lowest BCUT2D eigenvalue weighted by molar-refractivity contribution is 0.0420. The van der Waals surface area contributed by atoms with E-state index >= 15 is 0 Å². The van der Waals surface area contributed by atoms with Crippen LogP contribution in [-0.4, -0.2) is 29.8 Å². The van der Waals surface area contributed by atoms with Gasteiger partial charge in [-0.15, -0.1) is 0 Å². The van der Waals surface area contributed by atoms with Crippen LogP contribution in [0, 0.1) is 0 Å². The molecule has 0 aliphatic carbocycles. The normalized spacial score (nSPS) is 21.7. The van der Waals surface area contributed by atoms with Crippen LogP contribution in [-0.2, 0) is 6.42 Å². The molecule has 0 amide bonds. The Morgan fingerprint density at radius 1 is 1.47 bits per heavy atom. The summed E-state index contributed by atoms with van der Waals surface area (Å²) >= 11 is 0. The fourth-order valence-electron chi connectivity index (χ4n) is 2.31. The predicted molar refractivity (Wildman–Crippen MR) is 71.3 cm³/mol. The lowest BCUT2D eigenvalue weighted by Crippen LogP contribution is -2.50. The van der Waals surface area contributed by atoms with Gasteiger partial charge in [0, 0.05) is 12.2 Å². The molecular formula is C14H22N2O. The zero-order chi connectivity index (χ0) is 12.3. The number of para-hydroxylation sites is 1. The Kier molecular flexibility index (Phi) is 3.69. The number of rotatable bonds is 5. The molecule has 1 aliphatic heterocycles. The molecule has 0 spiro atoms. The van der Waals surface area contributed by atoms with E-state index in [1.807, 2.05) is 19.1 Å². The molecule has 94 valence electrons. The number of anilines is 1. The van der Waals surface area contributed by atoms with Crippen LogP contribution in [0.3, 0.4) is 0 Å². The van der Waals surface area contributed by atoms with Gasteiger partial charge >= 0.3 is 0 Å². The molecule has 1 aromatic carbocycles. The van der Waals surface area contributed by atoms with E-state index < -0.39 is 5.60 Å². The van der Waals surface area contributed by atoms with Gasteiger partial charge in [-0.05, 0) is 37.9 Å². The van der Waals surface area contributed by atoms with Crippen molar-refractivity contribution in [3.8, 4) is 0 Å². The molecular weight excluding hydrogens is 212 g/mol. The molecule has 2 atom stereocenters. The van der Waals surface area contributed by atoms with Crippen molar-refractivity contribution in [2.75, 3.05) is 18.4 Å². The summed E-state index contributed by atoms with van der Waals surface area (Å²) in [6, 6.07) is 8.37. The molecule has 2 unspecified atom stereocenters. The zero-order valence-electron chi connectivity index (χ0n) is 10.7. The van der Waals surface area contributed by atoms with Gasteiger partial charge in [-0.25, -0.2) is 0 Å². The molecule has 0 saturated heterocycles. The van der Waals surface area contributed by atoms with Crippen LogP contribution in [0.15, 0.2) is 24.3 Å². The zero-order valence-corrected chi connectivity index (χ0v) is 10.7. The van der Waals surface area contributed by atoms with Crippen LogP contribution in [0.5, 0.6) is 0 Å². The number of aliphatic hydroxyl groups is 1. The molecule has 3 heteroatoms. The molecule has 3 N–H and O–H groups in total. The van der Waals surface area contributed by atoms with Gasteiger partial charge in [0.1, 0.15) is 0 Å². The van der Waals surface area contributed by atoms with Crippen LogP contribution in [0.1, 0.15) is 25.8 Å². The van der Waals surface area contributed by atoms with Crippen LogP contribution in [0.2, 0.25) is 0 Å². The molecule has 17 heavy (non-hydrogen) atoms. The average molecular weight is 234 g/mol. The largest absolute Gasteiger partial charge is 0.387 e. The minimum atomic E-state index is -0.714. The minimum Gasteiger partial charge on any atom is -0.387 e. The van der Waals surface area contributed by atoms with E-state index in [-0.39, 0.29) is 6.04 Å². The van der Waals surface area contributed by atoms with E-state index in [1.54, 1.807) is 0 Å². The van der Waals surface area contributed by atoms with Crippen molar-refractivity contribution in [1.29, 1.82) is 0 Å². The highest BCUT2D eigenvalue weighted by atomic mass is 16.3. The molecule has 0 bridgehead atoms. The van der Waals surface area contributed by atoms with Crippen LogP contribution < -0.4 is 10.6 Å². The maximum absolute atomic E-state index is 10.5. The predicted octanol–water partition coefficient (Wildman–Crippen LogP) is 1.77. The van der Waals surface area contributed by atoms with E-state index in [4.69, 9.17) is 0 Å². The SMILES string of the molecule is CCCNCC(C)(O)C1Cc2ccccc2N1. The number of hydrogen-bond acceptors (Lipinski definition) is 3. The molecule has 3 nitrogen and oxygen atoms in total. The summed E-state index contributed by atoms with van der Waals surface area (Å²) in [7, 11) is 0. The van der Waals surface area contributed by atoms with Crippen molar-refractivity contribution >= 4 is 5.69 Å². The third-order valence-electron chi connectivity index (χ3n) is 3.43. The summed E-state index contributed by atoms with van der Waals surface area (Å²) in [5, 5.41) is 17.2. The first-order chi connectivity index (χ1) is 8.13. The molecule has 0 radical (unpaired) electrons. The van der Waals surface area contributed by atoms with Crippen LogP contribution >= 0.6 is 0 Å². The standard InChI is InChI=1S/C14H22N2O/c1-3-8-15-10-14(2,17)13-9-11-6-4-5-7-12(11)16-13/h4-7,13,15-17H,3,8-10H2,1-2H3. The number of nitrogens with one attached hydrogen (secondary N) is 2. The first-order valence-electron chi connectivity index (χ1n) is 6.41. The van der Waals surface area contributed by atoms with Crippen molar-refractivity contribution < 1.29 is 5.11 Å². The van der Waals surface area contributed by atoms with Gasteiger partial charge in [-0.2, -0.15) is 0 Å². The summed E-state index contributed by atoms with van der Waals surface area (Å²) < 4.78 is 0. The molecule has 0 aromatic heterocycles. The van der Waals surface area contributed by atoms with E-state index in [2.05, 4.69) is 29.7 Å². The first-order valence-corrected chi connectivity index (χ1v) is 6.41. The molecule has 1 heterocycles. The van der Waals surface area contributed by atoms with E-state index in [1.165, 1.54) is 5.56 Å². The highest BCUT2D eigenvalue weighted by Gasteiger charge is 2.35. The quantitative estimate of drug-likeness (QED) is 0.680. The Labute approximate surface area is 103 Å². The second-order valence-electron chi connectivity index (χ2n) is 5.09. The Balaban J connectivity index is 1.96. The maximum atomic E-state index is 10.5. The summed E-state index contributed by atoms with van der Waals surface area (Å²) in [6.07, 6.45) is 1.99. The Bertz CT molecular complexity index is 351. The van der Waals surface area contributed by atoms with E-state index in [0.717, 1.165) is 25.1 Å². The topological polar surface area (TPSA) is 44.3 Å². The summed E-state index contributed by atoms with van der Waals surface area (Å²) in [6.45, 7) is 5.62. The maximum Gasteiger partial charge on any atom is 0.0946 e. The second kappa shape index (κ2) is 5.07. The smallest absolute Gasteiger partial charge is 0.0946 e. The van der Waals surface area contributed by atoms with Crippen molar-refractivity contribution in [2.45, 2.75) is 38.3 Å². The van der Waals surface area contributed by atoms with E-state index in [9.17, 15) is 5.11 Å². The van der Waals surface area contributed by atoms with Gasteiger partial charge in [0.25, 0.3) is 0 Å². The van der Waals surface area contributed by atoms with Crippen molar-refractivity contribution in [1.82, 2.24) is 5.32 Å². The number of hydrogen-bond donors (Lipinski definition) is 3. The fourth-order valence-corrected chi connectivity index (χ4v) is 2.31. The first kappa shape index (κ1) is 12.4. The molecule has 1 aromatic rings. The lowest BCUT2D eigenvalue weighted by Gasteiger charge is -2.30. The summed E-state index contributed by atoms with van der Waals surface area (Å²) in [5.74, 6) is 0. The summed E-state index contributed by atoms with van der Waals surface area (Å²) in [5.41, 5.74) is 1.75. The average Bonchev–Trinajstić information content (AvgIpc) is 2.73. The monoisotopic (exact) mass is 234 g/mol. The fraction of sp³-hybridized carbons (Fsp3) is 0.571. The van der Waals surface area contributed by atoms with Gasteiger partial charge < -0.3 is 15.7 Å². The third kappa shape index (κ3) is 2.79.